The Balaban J connectivity index is 2.08. The minimum atomic E-state index is -0.909. The van der Waals surface area contributed by atoms with Crippen molar-refractivity contribution in [1.82, 2.24) is 5.32 Å². The molecule has 2 rings (SSSR count). The van der Waals surface area contributed by atoms with Crippen molar-refractivity contribution in [3.05, 3.63) is 34.6 Å². The van der Waals surface area contributed by atoms with E-state index in [2.05, 4.69) is 5.32 Å². The zero-order chi connectivity index (χ0) is 16.4. The number of hydrogen-bond acceptors (Lipinski definition) is 3. The predicted octanol–water partition coefficient (Wildman–Crippen LogP) is 2.38. The molecular formula is C16H22ClFN2O2. The molecule has 0 saturated carbocycles. The van der Waals surface area contributed by atoms with E-state index in [-0.39, 0.29) is 18.3 Å². The predicted molar refractivity (Wildman–Crippen MR) is 84.4 cm³/mol. The number of halogens is 2. The van der Waals surface area contributed by atoms with Gasteiger partial charge in [-0.2, -0.15) is 0 Å². The monoisotopic (exact) mass is 328 g/mol. The molecule has 1 amide bonds. The molecule has 4 nitrogen and oxygen atoms in total. The van der Waals surface area contributed by atoms with Gasteiger partial charge in [-0.15, -0.1) is 0 Å². The van der Waals surface area contributed by atoms with Crippen LogP contribution < -0.4 is 11.1 Å². The average Bonchev–Trinajstić information content (AvgIpc) is 2.45. The number of nitrogens with one attached hydrogen (secondary N) is 1. The van der Waals surface area contributed by atoms with Gasteiger partial charge in [0.2, 0.25) is 5.91 Å². The third-order valence-electron chi connectivity index (χ3n) is 4.17. The third-order valence-corrected chi connectivity index (χ3v) is 4.48. The van der Waals surface area contributed by atoms with Gasteiger partial charge in [-0.1, -0.05) is 31.5 Å². The van der Waals surface area contributed by atoms with Crippen molar-refractivity contribution in [2.24, 2.45) is 5.73 Å². The Labute approximate surface area is 135 Å². The van der Waals surface area contributed by atoms with E-state index < -0.39 is 11.0 Å². The molecule has 1 heterocycles. The van der Waals surface area contributed by atoms with Crippen LogP contribution >= 0.6 is 11.6 Å². The van der Waals surface area contributed by atoms with E-state index in [1.54, 1.807) is 12.1 Å². The molecular weight excluding hydrogens is 307 g/mol. The lowest BCUT2D eigenvalue weighted by atomic mass is 9.83. The number of hydrogen-bond donors (Lipinski definition) is 2. The smallest absolute Gasteiger partial charge is 0.240 e. The van der Waals surface area contributed by atoms with Crippen LogP contribution in [0.15, 0.2) is 18.2 Å². The Bertz CT molecular complexity index is 537. The fraction of sp³-hybridized carbons (Fsp3) is 0.562. The quantitative estimate of drug-likeness (QED) is 0.892. The van der Waals surface area contributed by atoms with Crippen LogP contribution in [0.4, 0.5) is 4.39 Å². The van der Waals surface area contributed by atoms with Gasteiger partial charge in [0.05, 0.1) is 5.54 Å². The van der Waals surface area contributed by atoms with Gasteiger partial charge in [0.25, 0.3) is 0 Å². The van der Waals surface area contributed by atoms with Gasteiger partial charge in [-0.25, -0.2) is 4.39 Å². The fourth-order valence-corrected chi connectivity index (χ4v) is 3.09. The summed E-state index contributed by atoms with van der Waals surface area (Å²) in [5.74, 6) is -0.600. The van der Waals surface area contributed by atoms with Crippen molar-refractivity contribution < 1.29 is 13.9 Å². The zero-order valence-corrected chi connectivity index (χ0v) is 13.7. The highest BCUT2D eigenvalue weighted by Crippen LogP contribution is 2.32. The van der Waals surface area contributed by atoms with Gasteiger partial charge >= 0.3 is 0 Å². The summed E-state index contributed by atoms with van der Waals surface area (Å²) in [7, 11) is 0. The number of amides is 1. The summed E-state index contributed by atoms with van der Waals surface area (Å²) in [6, 6.07) is 4.58. The van der Waals surface area contributed by atoms with Crippen molar-refractivity contribution >= 4 is 17.5 Å². The largest absolute Gasteiger partial charge is 0.381 e. The van der Waals surface area contributed by atoms with E-state index in [9.17, 15) is 9.18 Å². The maximum Gasteiger partial charge on any atom is 0.240 e. The highest BCUT2D eigenvalue weighted by Gasteiger charge is 2.37. The van der Waals surface area contributed by atoms with Crippen LogP contribution in [0.3, 0.4) is 0 Å². The second kappa shape index (κ2) is 6.52. The summed E-state index contributed by atoms with van der Waals surface area (Å²) in [6.07, 6.45) is 0.972. The normalized spacial score (nSPS) is 18.0. The van der Waals surface area contributed by atoms with Crippen molar-refractivity contribution in [2.75, 3.05) is 19.8 Å². The average molecular weight is 329 g/mol. The van der Waals surface area contributed by atoms with Crippen LogP contribution in [-0.4, -0.2) is 31.2 Å². The molecule has 0 unspecified atom stereocenters. The molecule has 1 aliphatic heterocycles. The van der Waals surface area contributed by atoms with Crippen LogP contribution in [0.2, 0.25) is 5.02 Å². The minimum Gasteiger partial charge on any atom is -0.381 e. The van der Waals surface area contributed by atoms with Gasteiger partial charge in [-0.3, -0.25) is 4.79 Å². The number of carbonyl (C=O) groups excluding carboxylic acids is 1. The molecule has 22 heavy (non-hydrogen) atoms. The number of carbonyl (C=O) groups is 1. The molecule has 0 atom stereocenters. The molecule has 1 fully saturated rings. The molecule has 0 spiro atoms. The number of rotatable bonds is 4. The molecule has 1 aromatic rings. The van der Waals surface area contributed by atoms with Crippen molar-refractivity contribution in [3.8, 4) is 0 Å². The summed E-state index contributed by atoms with van der Waals surface area (Å²) in [6.45, 7) is 4.89. The Morgan fingerprint density at radius 1 is 1.45 bits per heavy atom. The van der Waals surface area contributed by atoms with E-state index in [1.165, 1.54) is 6.07 Å². The second-order valence-electron chi connectivity index (χ2n) is 6.43. The molecule has 6 heteroatoms. The van der Waals surface area contributed by atoms with Crippen LogP contribution in [-0.2, 0) is 14.9 Å². The Morgan fingerprint density at radius 2 is 2.09 bits per heavy atom. The summed E-state index contributed by atoms with van der Waals surface area (Å²) >= 11 is 6.11. The lowest BCUT2D eigenvalue weighted by Crippen LogP contribution is -2.58. The van der Waals surface area contributed by atoms with E-state index in [1.807, 2.05) is 13.8 Å². The van der Waals surface area contributed by atoms with Crippen LogP contribution in [0.5, 0.6) is 0 Å². The van der Waals surface area contributed by atoms with Gasteiger partial charge in [-0.05, 0) is 25.0 Å². The molecule has 1 aromatic carbocycles. The molecule has 0 radical (unpaired) electrons. The molecule has 0 bridgehead atoms. The van der Waals surface area contributed by atoms with Gasteiger partial charge in [0.15, 0.2) is 0 Å². The minimum absolute atomic E-state index is 0.226. The molecule has 122 valence electrons. The zero-order valence-electron chi connectivity index (χ0n) is 12.9. The van der Waals surface area contributed by atoms with Crippen molar-refractivity contribution in [2.45, 2.75) is 37.6 Å². The van der Waals surface area contributed by atoms with E-state index in [0.29, 0.717) is 36.6 Å². The Morgan fingerprint density at radius 3 is 2.68 bits per heavy atom. The van der Waals surface area contributed by atoms with Crippen LogP contribution in [0, 0.1) is 5.82 Å². The number of benzene rings is 1. The SMILES string of the molecule is CC(C)(CNC(=O)C1(N)CCOCC1)c1c(F)cccc1Cl. The Hall–Kier alpha value is -1.17. The maximum absolute atomic E-state index is 14.1. The van der Waals surface area contributed by atoms with Crippen molar-refractivity contribution in [1.29, 1.82) is 0 Å². The van der Waals surface area contributed by atoms with Crippen LogP contribution in [0.25, 0.3) is 0 Å². The molecule has 0 aromatic heterocycles. The summed E-state index contributed by atoms with van der Waals surface area (Å²) in [5, 5.41) is 3.20. The molecule has 1 saturated heterocycles. The van der Waals surface area contributed by atoms with Gasteiger partial charge < -0.3 is 15.8 Å². The standard InChI is InChI=1S/C16H22ClFN2O2/c1-15(2,13-11(17)4-3-5-12(13)18)10-20-14(21)16(19)6-8-22-9-7-16/h3-5H,6-10,19H2,1-2H3,(H,20,21). The summed E-state index contributed by atoms with van der Waals surface area (Å²) < 4.78 is 19.3. The fourth-order valence-electron chi connectivity index (χ4n) is 2.67. The molecule has 1 aliphatic rings. The first-order chi connectivity index (χ1) is 10.3. The highest BCUT2D eigenvalue weighted by molar-refractivity contribution is 6.31. The van der Waals surface area contributed by atoms with Crippen LogP contribution in [0.1, 0.15) is 32.3 Å². The van der Waals surface area contributed by atoms with E-state index in [4.69, 9.17) is 22.1 Å². The number of ether oxygens (including phenoxy) is 1. The lowest BCUT2D eigenvalue weighted by Gasteiger charge is -2.34. The third kappa shape index (κ3) is 3.59. The first kappa shape index (κ1) is 17.2. The highest BCUT2D eigenvalue weighted by atomic mass is 35.5. The Kier molecular flexibility index (Phi) is 5.10. The topological polar surface area (TPSA) is 64.4 Å². The van der Waals surface area contributed by atoms with Gasteiger partial charge in [0.1, 0.15) is 5.82 Å². The van der Waals surface area contributed by atoms with Crippen molar-refractivity contribution in [3.63, 3.8) is 0 Å². The summed E-state index contributed by atoms with van der Waals surface area (Å²) in [4.78, 5) is 12.3. The number of nitrogens with two attached hydrogens (primary N) is 1. The molecule has 3 N–H and O–H groups in total. The second-order valence-corrected chi connectivity index (χ2v) is 6.84. The van der Waals surface area contributed by atoms with Gasteiger partial charge in [0, 0.05) is 35.8 Å². The maximum atomic E-state index is 14.1. The summed E-state index contributed by atoms with van der Waals surface area (Å²) in [5.41, 5.74) is 4.99. The first-order valence-electron chi connectivity index (χ1n) is 7.36. The first-order valence-corrected chi connectivity index (χ1v) is 7.73. The lowest BCUT2D eigenvalue weighted by molar-refractivity contribution is -0.130. The molecule has 0 aliphatic carbocycles. The van der Waals surface area contributed by atoms with E-state index >= 15 is 0 Å². The van der Waals surface area contributed by atoms with E-state index in [0.717, 1.165) is 0 Å².